The SMILES string of the molecule is C=CCC(=C)/C=C/[C@@](C)(O)[C@H]1O[C@@H]2C[C@@H]3O[C@@H]4C[C@@H]5O[C@@H]6C[C@@H]7O[C@@H]8C[C@@H]9O[C@@H]%10C[C@@H]%11O[C@](C)(CCOS(=O)(=O)[O-])[C@@H](OS(=O)(=O)[O-])C[C@H]%11O[C@H]%10C[C@H]9O[C@H]8CC[C@@]7(C)O[C@@]6(C)CC[C@H](C)[C@H]5O[C@H]4[C@@H](O)[C@@]3(C)O[C@H]2CC1=C. The molecule has 11 rings (SSSR count). The monoisotopic (exact) mass is 1140 g/mol. The van der Waals surface area contributed by atoms with Gasteiger partial charge in [-0.05, 0) is 84.6 Å². The molecule has 0 unspecified atom stereocenters. The third kappa shape index (κ3) is 11.2. The summed E-state index contributed by atoms with van der Waals surface area (Å²) < 4.78 is 154. The molecular formula is C55H80O21S2-2. The second-order valence-electron chi connectivity index (χ2n) is 25.5. The first-order valence-corrected chi connectivity index (χ1v) is 30.8. The lowest BCUT2D eigenvalue weighted by Crippen LogP contribution is -2.74. The van der Waals surface area contributed by atoms with Crippen molar-refractivity contribution in [2.45, 2.75) is 282 Å². The van der Waals surface area contributed by atoms with E-state index in [9.17, 15) is 36.2 Å². The number of rotatable bonds is 11. The fourth-order valence-corrected chi connectivity index (χ4v) is 16.1. The van der Waals surface area contributed by atoms with Crippen molar-refractivity contribution in [3.05, 3.63) is 49.1 Å². The first kappa shape index (κ1) is 58.0. The number of allylic oxidation sites excluding steroid dienone is 3. The van der Waals surface area contributed by atoms with Gasteiger partial charge in [-0.15, -0.1) is 6.58 Å². The molecule has 78 heavy (non-hydrogen) atoms. The predicted octanol–water partition coefficient (Wildman–Crippen LogP) is 4.37. The van der Waals surface area contributed by atoms with Crippen LogP contribution in [0.4, 0.5) is 0 Å². The van der Waals surface area contributed by atoms with Gasteiger partial charge in [0.2, 0.25) is 20.8 Å². The van der Waals surface area contributed by atoms with Crippen molar-refractivity contribution in [1.29, 1.82) is 0 Å². The minimum atomic E-state index is -5.21. The minimum Gasteiger partial charge on any atom is -0.726 e. The van der Waals surface area contributed by atoms with Gasteiger partial charge in [-0.25, -0.2) is 16.8 Å². The summed E-state index contributed by atoms with van der Waals surface area (Å²) in [5.41, 5.74) is -3.80. The van der Waals surface area contributed by atoms with Crippen molar-refractivity contribution < 1.29 is 96.6 Å². The molecule has 0 bridgehead atoms. The van der Waals surface area contributed by atoms with Gasteiger partial charge in [0.25, 0.3) is 0 Å². The van der Waals surface area contributed by atoms with Gasteiger partial charge in [-0.2, -0.15) is 0 Å². The fraction of sp³-hybridized carbons (Fsp3) is 0.855. The number of hydrogen-bond donors (Lipinski definition) is 2. The summed E-state index contributed by atoms with van der Waals surface area (Å²) in [5, 5.41) is 24.0. The van der Waals surface area contributed by atoms with E-state index in [-0.39, 0.29) is 67.6 Å². The van der Waals surface area contributed by atoms with Gasteiger partial charge >= 0.3 is 0 Å². The van der Waals surface area contributed by atoms with E-state index in [4.69, 9.17) is 56.3 Å². The Balaban J connectivity index is 0.749. The Labute approximate surface area is 458 Å². The number of hydrogen-bond acceptors (Lipinski definition) is 21. The molecule has 0 aromatic carbocycles. The molecule has 0 saturated carbocycles. The number of ether oxygens (including phenoxy) is 11. The highest BCUT2D eigenvalue weighted by molar-refractivity contribution is 7.81. The minimum absolute atomic E-state index is 0.0532. The van der Waals surface area contributed by atoms with Crippen molar-refractivity contribution in [3.8, 4) is 0 Å². The second-order valence-corrected chi connectivity index (χ2v) is 27.5. The van der Waals surface area contributed by atoms with E-state index in [2.05, 4.69) is 44.7 Å². The van der Waals surface area contributed by atoms with Gasteiger partial charge in [-0.3, -0.25) is 8.37 Å². The van der Waals surface area contributed by atoms with E-state index in [0.717, 1.165) is 12.0 Å². The van der Waals surface area contributed by atoms with Crippen LogP contribution in [0.5, 0.6) is 0 Å². The standard InChI is InChI=1S/C55H82O21S2/c1-10-11-28(2)12-15-51(5,57)50-30(4)20-39-38(71-50)26-46-55(9,74-39)49(56)48-42(70-46)24-41-47(72-48)29(3)13-16-53(7)44(69-41)27-43-54(8,76-53)17-14-31-32(68-43)21-34-33(65-31)22-35-36(66-34)23-40-37(67-35)25-45(75-78(61,62)63)52(6,73-40)18-19-64-77(58,59)60/h10,12,15,29,31-50,56-57H,1-2,4,11,13-14,16-27H2,3,5-9H3,(H,58,59,60)(H,61,62,63)/p-2/b15-12+/t29-,31-,32+,33+,34-,35-,36+,37+,38+,39-,40-,41-,42+,43-,44+,45-,46-,47+,48+,49+,50-,51+,52+,53-,54+,55-/m0/s1. The van der Waals surface area contributed by atoms with Crippen LogP contribution in [0, 0.1) is 5.92 Å². The van der Waals surface area contributed by atoms with Gasteiger partial charge in [0, 0.05) is 51.4 Å². The third-order valence-corrected chi connectivity index (χ3v) is 20.5. The first-order chi connectivity index (χ1) is 36.5. The number of aliphatic hydroxyl groups excluding tert-OH is 1. The maximum absolute atomic E-state index is 12.3. The average molecular weight is 1140 g/mol. The molecule has 0 spiro atoms. The molecule has 0 radical (unpaired) electrons. The first-order valence-electron chi connectivity index (χ1n) is 28.1. The molecule has 2 N–H and O–H groups in total. The number of fused-ring (bicyclic) bond motifs is 10. The summed E-state index contributed by atoms with van der Waals surface area (Å²) in [6.07, 6.45) is 1.21. The Morgan fingerprint density at radius 2 is 1.27 bits per heavy atom. The second kappa shape index (κ2) is 21.1. The normalized spacial score (nSPS) is 51.0. The maximum atomic E-state index is 12.3. The summed E-state index contributed by atoms with van der Waals surface area (Å²) in [4.78, 5) is 0. The molecule has 440 valence electrons. The fourth-order valence-electron chi connectivity index (χ4n) is 15.3. The van der Waals surface area contributed by atoms with Crippen LogP contribution in [0.1, 0.15) is 131 Å². The molecule has 11 saturated heterocycles. The molecule has 11 aliphatic heterocycles. The molecular weight excluding hydrogens is 1060 g/mol. The van der Waals surface area contributed by atoms with Crippen molar-refractivity contribution in [2.75, 3.05) is 6.61 Å². The van der Waals surface area contributed by atoms with Crippen molar-refractivity contribution in [2.24, 2.45) is 5.92 Å². The highest BCUT2D eigenvalue weighted by atomic mass is 32.3. The Morgan fingerprint density at radius 3 is 1.92 bits per heavy atom. The highest BCUT2D eigenvalue weighted by Gasteiger charge is 2.65. The Morgan fingerprint density at radius 1 is 0.705 bits per heavy atom. The summed E-state index contributed by atoms with van der Waals surface area (Å²) in [5.74, 6) is 0.0619. The van der Waals surface area contributed by atoms with Crippen LogP contribution < -0.4 is 0 Å². The molecule has 11 heterocycles. The van der Waals surface area contributed by atoms with Crippen LogP contribution in [0.15, 0.2) is 49.1 Å². The molecule has 26 atom stereocenters. The van der Waals surface area contributed by atoms with Gasteiger partial charge in [0.1, 0.15) is 35.6 Å². The van der Waals surface area contributed by atoms with E-state index >= 15 is 0 Å². The van der Waals surface area contributed by atoms with Crippen LogP contribution in [-0.2, 0) is 81.3 Å². The summed E-state index contributed by atoms with van der Waals surface area (Å²) in [6.45, 7) is 23.0. The lowest BCUT2D eigenvalue weighted by atomic mass is 9.73. The van der Waals surface area contributed by atoms with Gasteiger partial charge in [0.05, 0.1) is 121 Å². The Kier molecular flexibility index (Phi) is 15.6. The van der Waals surface area contributed by atoms with Crippen molar-refractivity contribution in [3.63, 3.8) is 0 Å². The zero-order valence-corrected chi connectivity index (χ0v) is 47.2. The van der Waals surface area contributed by atoms with Crippen molar-refractivity contribution >= 4 is 20.8 Å². The average Bonchev–Trinajstić information content (AvgIpc) is 3.48. The Bertz CT molecular complexity index is 2540. The lowest BCUT2D eigenvalue weighted by Gasteiger charge is -2.61. The van der Waals surface area contributed by atoms with Crippen LogP contribution in [0.3, 0.4) is 0 Å². The van der Waals surface area contributed by atoms with E-state index in [0.29, 0.717) is 76.2 Å². The van der Waals surface area contributed by atoms with Crippen LogP contribution in [-0.4, -0.2) is 193 Å². The largest absolute Gasteiger partial charge is 0.726 e. The molecule has 21 nitrogen and oxygen atoms in total. The highest BCUT2D eigenvalue weighted by Crippen LogP contribution is 2.54. The van der Waals surface area contributed by atoms with Crippen molar-refractivity contribution in [1.82, 2.24) is 0 Å². The zero-order chi connectivity index (χ0) is 55.7. The summed E-state index contributed by atoms with van der Waals surface area (Å²) in [6, 6.07) is 0. The number of aliphatic hydroxyl groups is 2. The summed E-state index contributed by atoms with van der Waals surface area (Å²) in [7, 11) is -10.3. The molecule has 0 amide bonds. The molecule has 0 aliphatic carbocycles. The molecule has 23 heteroatoms. The van der Waals surface area contributed by atoms with Gasteiger partial charge in [-0.1, -0.05) is 43.9 Å². The van der Waals surface area contributed by atoms with E-state index in [1.54, 1.807) is 25.2 Å². The molecule has 11 fully saturated rings. The molecule has 0 aromatic rings. The van der Waals surface area contributed by atoms with Crippen LogP contribution >= 0.6 is 0 Å². The predicted molar refractivity (Wildman–Crippen MR) is 272 cm³/mol. The zero-order valence-electron chi connectivity index (χ0n) is 45.6. The van der Waals surface area contributed by atoms with Crippen LogP contribution in [0.2, 0.25) is 0 Å². The summed E-state index contributed by atoms with van der Waals surface area (Å²) >= 11 is 0. The van der Waals surface area contributed by atoms with E-state index in [1.165, 1.54) is 6.92 Å². The molecule has 0 aromatic heterocycles. The third-order valence-electron chi connectivity index (χ3n) is 19.6. The van der Waals surface area contributed by atoms with Gasteiger partial charge < -0.3 is 71.4 Å². The smallest absolute Gasteiger partial charge is 0.218 e. The Hall–Kier alpha value is -1.82. The van der Waals surface area contributed by atoms with Crippen LogP contribution in [0.25, 0.3) is 0 Å². The topological polar surface area (TPSA) is 275 Å². The van der Waals surface area contributed by atoms with E-state index in [1.807, 2.05) is 6.92 Å². The lowest BCUT2D eigenvalue weighted by molar-refractivity contribution is -0.369. The molecule has 11 aliphatic rings. The van der Waals surface area contributed by atoms with E-state index < -0.39 is 129 Å². The maximum Gasteiger partial charge on any atom is 0.218 e. The van der Waals surface area contributed by atoms with Gasteiger partial charge in [0.15, 0.2) is 0 Å². The quantitative estimate of drug-likeness (QED) is 0.126.